The third-order valence-electron chi connectivity index (χ3n) is 3.82. The molecular formula is C16H12F4N4O2. The summed E-state index contributed by atoms with van der Waals surface area (Å²) in [7, 11) is 0. The second-order valence-electron chi connectivity index (χ2n) is 5.51. The Morgan fingerprint density at radius 1 is 1.15 bits per heavy atom. The molecule has 2 aromatic rings. The quantitative estimate of drug-likeness (QED) is 0.764. The lowest BCUT2D eigenvalue weighted by molar-refractivity contribution is -0.138. The van der Waals surface area contributed by atoms with E-state index in [-0.39, 0.29) is 18.9 Å². The van der Waals surface area contributed by atoms with Gasteiger partial charge >= 0.3 is 12.2 Å². The maximum atomic E-state index is 13.4. The van der Waals surface area contributed by atoms with Gasteiger partial charge in [-0.05, 0) is 36.8 Å². The van der Waals surface area contributed by atoms with Gasteiger partial charge in [0, 0.05) is 19.3 Å². The van der Waals surface area contributed by atoms with Crippen molar-refractivity contribution >= 4 is 17.8 Å². The molecule has 136 valence electrons. The standard InChI is InChI=1S/C16H12F4N4O2/c17-10-4-5-12(16(18,19)20)11(9-10)14(25)24-8-2-7-23(15(24)26)13-3-1-6-21-22-13/h1,3-6,9H,2,7-8H2. The predicted molar refractivity (Wildman–Crippen MR) is 81.8 cm³/mol. The Morgan fingerprint density at radius 2 is 1.92 bits per heavy atom. The van der Waals surface area contributed by atoms with Crippen LogP contribution in [0.15, 0.2) is 36.5 Å². The van der Waals surface area contributed by atoms with Gasteiger partial charge in [0.15, 0.2) is 5.82 Å². The lowest BCUT2D eigenvalue weighted by atomic mass is 10.0. The van der Waals surface area contributed by atoms with E-state index in [0.29, 0.717) is 29.5 Å². The highest BCUT2D eigenvalue weighted by molar-refractivity contribution is 6.09. The van der Waals surface area contributed by atoms with E-state index in [4.69, 9.17) is 0 Å². The average molecular weight is 368 g/mol. The molecule has 26 heavy (non-hydrogen) atoms. The number of alkyl halides is 3. The Labute approximate surface area is 145 Å². The number of benzene rings is 1. The zero-order valence-electron chi connectivity index (χ0n) is 13.2. The van der Waals surface area contributed by atoms with Crippen molar-refractivity contribution in [2.75, 3.05) is 18.0 Å². The lowest BCUT2D eigenvalue weighted by Gasteiger charge is -2.33. The molecule has 0 atom stereocenters. The monoisotopic (exact) mass is 368 g/mol. The topological polar surface area (TPSA) is 66.4 Å². The van der Waals surface area contributed by atoms with Crippen molar-refractivity contribution in [1.82, 2.24) is 15.1 Å². The smallest absolute Gasteiger partial charge is 0.276 e. The van der Waals surface area contributed by atoms with Gasteiger partial charge in [0.25, 0.3) is 5.91 Å². The van der Waals surface area contributed by atoms with Gasteiger partial charge in [0.05, 0.1) is 11.1 Å². The number of aromatic nitrogens is 2. The molecule has 1 aromatic carbocycles. The first-order valence-electron chi connectivity index (χ1n) is 7.57. The largest absolute Gasteiger partial charge is 0.417 e. The number of imide groups is 1. The van der Waals surface area contributed by atoms with Crippen LogP contribution in [-0.4, -0.2) is 40.1 Å². The maximum absolute atomic E-state index is 13.4. The Kier molecular flexibility index (Phi) is 4.58. The molecule has 3 rings (SSSR count). The van der Waals surface area contributed by atoms with Crippen molar-refractivity contribution in [3.05, 3.63) is 53.5 Å². The van der Waals surface area contributed by atoms with E-state index in [1.165, 1.54) is 18.3 Å². The molecule has 0 saturated carbocycles. The molecule has 0 bridgehead atoms. The van der Waals surface area contributed by atoms with Crippen LogP contribution in [0, 0.1) is 5.82 Å². The van der Waals surface area contributed by atoms with Gasteiger partial charge in [-0.15, -0.1) is 5.10 Å². The van der Waals surface area contributed by atoms with E-state index in [2.05, 4.69) is 10.2 Å². The first-order valence-corrected chi connectivity index (χ1v) is 7.57. The number of hydrogen-bond donors (Lipinski definition) is 0. The second kappa shape index (κ2) is 6.70. The highest BCUT2D eigenvalue weighted by Crippen LogP contribution is 2.33. The molecule has 1 aromatic heterocycles. The molecule has 0 unspecified atom stereocenters. The summed E-state index contributed by atoms with van der Waals surface area (Å²) >= 11 is 0. The number of nitrogens with zero attached hydrogens (tertiary/aromatic N) is 4. The van der Waals surface area contributed by atoms with E-state index in [9.17, 15) is 27.2 Å². The van der Waals surface area contributed by atoms with Gasteiger partial charge in [0.1, 0.15) is 5.82 Å². The van der Waals surface area contributed by atoms with Gasteiger partial charge in [-0.3, -0.25) is 14.6 Å². The van der Waals surface area contributed by atoms with Crippen molar-refractivity contribution in [3.63, 3.8) is 0 Å². The molecule has 0 spiro atoms. The number of amides is 3. The molecule has 1 aliphatic heterocycles. The SMILES string of the molecule is O=C(c1cc(F)ccc1C(F)(F)F)N1CCCN(c2cccnn2)C1=O. The zero-order valence-corrected chi connectivity index (χ0v) is 13.2. The number of rotatable bonds is 2. The molecule has 1 aliphatic rings. The van der Waals surface area contributed by atoms with Gasteiger partial charge < -0.3 is 0 Å². The van der Waals surface area contributed by atoms with Crippen LogP contribution in [-0.2, 0) is 6.18 Å². The van der Waals surface area contributed by atoms with Crippen LogP contribution < -0.4 is 4.90 Å². The van der Waals surface area contributed by atoms with E-state index in [0.717, 1.165) is 4.90 Å². The van der Waals surface area contributed by atoms with Crippen LogP contribution in [0.4, 0.5) is 28.2 Å². The number of anilines is 1. The number of carbonyl (C=O) groups excluding carboxylic acids is 2. The number of carbonyl (C=O) groups is 2. The first-order chi connectivity index (χ1) is 12.3. The molecule has 0 aliphatic carbocycles. The Balaban J connectivity index is 1.95. The van der Waals surface area contributed by atoms with Crippen LogP contribution in [0.2, 0.25) is 0 Å². The van der Waals surface area contributed by atoms with Crippen LogP contribution in [0.25, 0.3) is 0 Å². The molecule has 0 N–H and O–H groups in total. The Bertz CT molecular complexity index is 842. The third kappa shape index (κ3) is 3.35. The minimum atomic E-state index is -4.86. The van der Waals surface area contributed by atoms with Gasteiger partial charge in [-0.25, -0.2) is 9.18 Å². The number of halogens is 4. The lowest BCUT2D eigenvalue weighted by Crippen LogP contribution is -2.52. The molecule has 3 amide bonds. The fraction of sp³-hybridized carbons (Fsp3) is 0.250. The van der Waals surface area contributed by atoms with Gasteiger partial charge in [-0.1, -0.05) is 0 Å². The Hall–Kier alpha value is -3.04. The Morgan fingerprint density at radius 3 is 2.58 bits per heavy atom. The summed E-state index contributed by atoms with van der Waals surface area (Å²) in [6.45, 7) is 0.152. The van der Waals surface area contributed by atoms with Crippen LogP contribution in [0.1, 0.15) is 22.3 Å². The van der Waals surface area contributed by atoms with Crippen LogP contribution in [0.3, 0.4) is 0 Å². The van der Waals surface area contributed by atoms with Gasteiger partial charge in [-0.2, -0.15) is 18.3 Å². The summed E-state index contributed by atoms with van der Waals surface area (Å²) in [5.74, 6) is -2.04. The minimum absolute atomic E-state index is 0.0811. The van der Waals surface area contributed by atoms with Crippen molar-refractivity contribution < 1.29 is 27.2 Å². The first kappa shape index (κ1) is 17.8. The third-order valence-corrected chi connectivity index (χ3v) is 3.82. The average Bonchev–Trinajstić information content (AvgIpc) is 2.61. The summed E-state index contributed by atoms with van der Waals surface area (Å²) in [5, 5.41) is 7.40. The second-order valence-corrected chi connectivity index (χ2v) is 5.51. The molecular weight excluding hydrogens is 356 g/mol. The van der Waals surface area contributed by atoms with Crippen molar-refractivity contribution in [2.24, 2.45) is 0 Å². The molecule has 1 saturated heterocycles. The highest BCUT2D eigenvalue weighted by atomic mass is 19.4. The fourth-order valence-corrected chi connectivity index (χ4v) is 2.65. The molecule has 1 fully saturated rings. The predicted octanol–water partition coefficient (Wildman–Crippen LogP) is 3.11. The normalized spacial score (nSPS) is 15.3. The molecule has 2 heterocycles. The summed E-state index contributed by atoms with van der Waals surface area (Å²) in [5.41, 5.74) is -2.21. The van der Waals surface area contributed by atoms with Crippen molar-refractivity contribution in [1.29, 1.82) is 0 Å². The minimum Gasteiger partial charge on any atom is -0.276 e. The highest BCUT2D eigenvalue weighted by Gasteiger charge is 2.39. The maximum Gasteiger partial charge on any atom is 0.417 e. The summed E-state index contributed by atoms with van der Waals surface area (Å²) < 4.78 is 52.9. The van der Waals surface area contributed by atoms with Crippen molar-refractivity contribution in [2.45, 2.75) is 12.6 Å². The van der Waals surface area contributed by atoms with Crippen LogP contribution in [0.5, 0.6) is 0 Å². The molecule has 10 heteroatoms. The fourth-order valence-electron chi connectivity index (χ4n) is 2.65. The zero-order chi connectivity index (χ0) is 18.9. The summed E-state index contributed by atoms with van der Waals surface area (Å²) in [6.07, 6.45) is -3.14. The summed E-state index contributed by atoms with van der Waals surface area (Å²) in [6, 6.07) is 3.77. The van der Waals surface area contributed by atoms with Crippen molar-refractivity contribution in [3.8, 4) is 0 Å². The van der Waals surface area contributed by atoms with E-state index < -0.39 is 35.1 Å². The van der Waals surface area contributed by atoms with E-state index in [1.807, 2.05) is 0 Å². The van der Waals surface area contributed by atoms with E-state index in [1.54, 1.807) is 0 Å². The van der Waals surface area contributed by atoms with E-state index >= 15 is 0 Å². The summed E-state index contributed by atoms with van der Waals surface area (Å²) in [4.78, 5) is 27.0. The van der Waals surface area contributed by atoms with Gasteiger partial charge in [0.2, 0.25) is 0 Å². The molecule has 0 radical (unpaired) electrons. The molecule has 6 nitrogen and oxygen atoms in total. The number of hydrogen-bond acceptors (Lipinski definition) is 4. The van der Waals surface area contributed by atoms with Crippen LogP contribution >= 0.6 is 0 Å². The number of urea groups is 1.